The van der Waals surface area contributed by atoms with E-state index in [0.717, 1.165) is 10.4 Å². The minimum atomic E-state index is -4.34. The molecule has 0 aliphatic heterocycles. The van der Waals surface area contributed by atoms with Gasteiger partial charge in [0.15, 0.2) is 0 Å². The summed E-state index contributed by atoms with van der Waals surface area (Å²) in [4.78, 5) is 28.4. The molecule has 1 N–H and O–H groups in total. The van der Waals surface area contributed by atoms with E-state index in [-0.39, 0.29) is 35.4 Å². The fourth-order valence-corrected chi connectivity index (χ4v) is 5.68. The number of rotatable bonds is 12. The zero-order valence-electron chi connectivity index (χ0n) is 22.2. The molecule has 208 valence electrons. The predicted octanol–water partition coefficient (Wildman–Crippen LogP) is 5.25. The highest BCUT2D eigenvalue weighted by Gasteiger charge is 2.34. The highest BCUT2D eigenvalue weighted by Crippen LogP contribution is 2.27. The minimum Gasteiger partial charge on any atom is -0.354 e. The summed E-state index contributed by atoms with van der Waals surface area (Å²) in [7, 11) is -4.34. The van der Waals surface area contributed by atoms with E-state index in [1.165, 1.54) is 35.2 Å². The Kier molecular flexibility index (Phi) is 10.5. The number of sulfonamides is 1. The molecule has 3 rings (SSSR count). The third kappa shape index (κ3) is 7.58. The van der Waals surface area contributed by atoms with Crippen LogP contribution in [0.4, 0.5) is 10.1 Å². The van der Waals surface area contributed by atoms with Crippen molar-refractivity contribution in [3.05, 3.63) is 95.3 Å². The van der Waals surface area contributed by atoms with Crippen molar-refractivity contribution in [3.63, 3.8) is 0 Å². The highest BCUT2D eigenvalue weighted by molar-refractivity contribution is 7.92. The Labute approximate surface area is 234 Å². The van der Waals surface area contributed by atoms with Gasteiger partial charge in [0.05, 0.1) is 10.6 Å². The molecule has 0 aromatic heterocycles. The summed E-state index contributed by atoms with van der Waals surface area (Å²) in [6.45, 7) is 5.32. The standard InChI is InChI=1S/C29H33ClFN3O4S/c1-4-26(29(36)32-18-21(2)3)33(19-22-12-8-9-15-24(22)30)28(35)20-34(27-17-11-10-16-25(27)31)39(37,38)23-13-6-5-7-14-23/h5-17,21,26H,4,18-20H2,1-3H3,(H,32,36)/t26-/m1/s1. The Balaban J connectivity index is 2.06. The van der Waals surface area contributed by atoms with Gasteiger partial charge in [-0.25, -0.2) is 12.8 Å². The van der Waals surface area contributed by atoms with Gasteiger partial charge >= 0.3 is 0 Å². The zero-order valence-corrected chi connectivity index (χ0v) is 23.8. The molecule has 0 unspecified atom stereocenters. The monoisotopic (exact) mass is 573 g/mol. The molecule has 2 amide bonds. The molecule has 0 heterocycles. The number of benzene rings is 3. The Hall–Kier alpha value is -3.43. The predicted molar refractivity (Wildman–Crippen MR) is 151 cm³/mol. The molecule has 3 aromatic carbocycles. The van der Waals surface area contributed by atoms with E-state index in [9.17, 15) is 22.4 Å². The van der Waals surface area contributed by atoms with Crippen LogP contribution in [0.25, 0.3) is 0 Å². The SMILES string of the molecule is CC[C@H](C(=O)NCC(C)C)N(Cc1ccccc1Cl)C(=O)CN(c1ccccc1F)S(=O)(=O)c1ccccc1. The van der Waals surface area contributed by atoms with Crippen LogP contribution in [0.15, 0.2) is 83.8 Å². The third-order valence-corrected chi connectivity index (χ3v) is 8.24. The fraction of sp³-hybridized carbons (Fsp3) is 0.310. The van der Waals surface area contributed by atoms with Crippen LogP contribution in [-0.2, 0) is 26.2 Å². The Morgan fingerprint density at radius 1 is 0.949 bits per heavy atom. The second-order valence-corrected chi connectivity index (χ2v) is 11.7. The number of hydrogen-bond acceptors (Lipinski definition) is 4. The molecular weight excluding hydrogens is 541 g/mol. The van der Waals surface area contributed by atoms with Gasteiger partial charge in [-0.3, -0.25) is 13.9 Å². The maximum absolute atomic E-state index is 15.0. The van der Waals surface area contributed by atoms with Gasteiger partial charge in [0.25, 0.3) is 10.0 Å². The summed E-state index contributed by atoms with van der Waals surface area (Å²) in [5.41, 5.74) is 0.315. The van der Waals surface area contributed by atoms with Crippen molar-refractivity contribution in [2.45, 2.75) is 44.7 Å². The molecule has 0 fully saturated rings. The van der Waals surface area contributed by atoms with Gasteiger partial charge < -0.3 is 10.2 Å². The van der Waals surface area contributed by atoms with Crippen LogP contribution in [0.5, 0.6) is 0 Å². The van der Waals surface area contributed by atoms with Crippen LogP contribution >= 0.6 is 11.6 Å². The summed E-state index contributed by atoms with van der Waals surface area (Å²) in [6.07, 6.45) is 0.269. The van der Waals surface area contributed by atoms with Crippen LogP contribution < -0.4 is 9.62 Å². The Bertz CT molecular complexity index is 1390. The van der Waals surface area contributed by atoms with Gasteiger partial charge in [-0.2, -0.15) is 0 Å². The summed E-state index contributed by atoms with van der Waals surface area (Å²) < 4.78 is 43.1. The molecule has 0 aliphatic carbocycles. The van der Waals surface area contributed by atoms with Crippen molar-refractivity contribution in [2.75, 3.05) is 17.4 Å². The van der Waals surface area contributed by atoms with Crippen molar-refractivity contribution in [1.29, 1.82) is 0 Å². The van der Waals surface area contributed by atoms with E-state index in [4.69, 9.17) is 11.6 Å². The number of halogens is 2. The maximum Gasteiger partial charge on any atom is 0.264 e. The molecule has 39 heavy (non-hydrogen) atoms. The summed E-state index contributed by atoms with van der Waals surface area (Å²) in [6, 6.07) is 18.9. The Morgan fingerprint density at radius 2 is 1.56 bits per heavy atom. The quantitative estimate of drug-likeness (QED) is 0.320. The molecule has 10 heteroatoms. The van der Waals surface area contributed by atoms with Crippen molar-refractivity contribution in [1.82, 2.24) is 10.2 Å². The lowest BCUT2D eigenvalue weighted by atomic mass is 10.1. The normalized spacial score (nSPS) is 12.2. The van der Waals surface area contributed by atoms with Gasteiger partial charge in [0.1, 0.15) is 18.4 Å². The largest absolute Gasteiger partial charge is 0.354 e. The second-order valence-electron chi connectivity index (χ2n) is 9.45. The van der Waals surface area contributed by atoms with Crippen molar-refractivity contribution in [2.24, 2.45) is 5.92 Å². The smallest absolute Gasteiger partial charge is 0.264 e. The van der Waals surface area contributed by atoms with Crippen LogP contribution in [-0.4, -0.2) is 44.3 Å². The van der Waals surface area contributed by atoms with Crippen LogP contribution in [0.1, 0.15) is 32.8 Å². The highest BCUT2D eigenvalue weighted by atomic mass is 35.5. The van der Waals surface area contributed by atoms with Gasteiger partial charge in [-0.05, 0) is 48.2 Å². The lowest BCUT2D eigenvalue weighted by molar-refractivity contribution is -0.140. The molecule has 3 aromatic rings. The lowest BCUT2D eigenvalue weighted by Gasteiger charge is -2.33. The van der Waals surface area contributed by atoms with E-state index in [1.807, 2.05) is 13.8 Å². The van der Waals surface area contributed by atoms with E-state index in [1.54, 1.807) is 49.4 Å². The van der Waals surface area contributed by atoms with Gasteiger partial charge in [0.2, 0.25) is 11.8 Å². The number of anilines is 1. The molecular formula is C29H33ClFN3O4S. The van der Waals surface area contributed by atoms with E-state index in [2.05, 4.69) is 5.32 Å². The topological polar surface area (TPSA) is 86.8 Å². The van der Waals surface area contributed by atoms with Crippen LogP contribution in [0, 0.1) is 11.7 Å². The first-order valence-corrected chi connectivity index (χ1v) is 14.5. The first-order chi connectivity index (χ1) is 18.6. The molecule has 0 radical (unpaired) electrons. The number of carbonyl (C=O) groups excluding carboxylic acids is 2. The van der Waals surface area contributed by atoms with Gasteiger partial charge in [0, 0.05) is 18.1 Å². The first-order valence-electron chi connectivity index (χ1n) is 12.7. The molecule has 1 atom stereocenters. The lowest BCUT2D eigenvalue weighted by Crippen LogP contribution is -2.52. The summed E-state index contributed by atoms with van der Waals surface area (Å²) >= 11 is 6.38. The second kappa shape index (κ2) is 13.6. The van der Waals surface area contributed by atoms with Crippen LogP contribution in [0.3, 0.4) is 0 Å². The fourth-order valence-electron chi connectivity index (χ4n) is 4.04. The zero-order chi connectivity index (χ0) is 28.6. The van der Waals surface area contributed by atoms with E-state index >= 15 is 0 Å². The van der Waals surface area contributed by atoms with Gasteiger partial charge in [-0.1, -0.05) is 80.9 Å². The van der Waals surface area contributed by atoms with Crippen molar-refractivity contribution >= 4 is 39.1 Å². The van der Waals surface area contributed by atoms with Crippen LogP contribution in [0.2, 0.25) is 5.02 Å². The first kappa shape index (κ1) is 30.1. The third-order valence-electron chi connectivity index (χ3n) is 6.10. The number of hydrogen-bond donors (Lipinski definition) is 1. The van der Waals surface area contributed by atoms with Crippen molar-refractivity contribution < 1.29 is 22.4 Å². The Morgan fingerprint density at radius 3 is 2.18 bits per heavy atom. The molecule has 0 saturated carbocycles. The molecule has 0 aliphatic rings. The average Bonchev–Trinajstić information content (AvgIpc) is 2.92. The number of carbonyl (C=O) groups is 2. The minimum absolute atomic E-state index is 0.0391. The maximum atomic E-state index is 15.0. The van der Waals surface area contributed by atoms with Gasteiger partial charge in [-0.15, -0.1) is 0 Å². The number of amides is 2. The molecule has 0 spiro atoms. The number of para-hydroxylation sites is 1. The summed E-state index contributed by atoms with van der Waals surface area (Å²) in [5, 5.41) is 3.26. The number of nitrogens with zero attached hydrogens (tertiary/aromatic N) is 2. The summed E-state index contributed by atoms with van der Waals surface area (Å²) in [5.74, 6) is -1.66. The van der Waals surface area contributed by atoms with Crippen molar-refractivity contribution in [3.8, 4) is 0 Å². The van der Waals surface area contributed by atoms with E-state index < -0.39 is 34.3 Å². The molecule has 0 saturated heterocycles. The van der Waals surface area contributed by atoms with E-state index in [0.29, 0.717) is 17.1 Å². The average molecular weight is 574 g/mol. The number of nitrogens with one attached hydrogen (secondary N) is 1. The molecule has 7 nitrogen and oxygen atoms in total. The molecule has 0 bridgehead atoms.